The topological polar surface area (TPSA) is 81.1 Å². The molecule has 14 heavy (non-hydrogen) atoms. The lowest BCUT2D eigenvalue weighted by Gasteiger charge is -2.07. The van der Waals surface area contributed by atoms with Crippen molar-refractivity contribution >= 4 is 5.97 Å². The van der Waals surface area contributed by atoms with Gasteiger partial charge in [0.2, 0.25) is 0 Å². The van der Waals surface area contributed by atoms with Gasteiger partial charge >= 0.3 is 5.97 Å². The van der Waals surface area contributed by atoms with E-state index >= 15 is 0 Å². The molecule has 0 bridgehead atoms. The summed E-state index contributed by atoms with van der Waals surface area (Å²) in [7, 11) is 1.80. The third-order valence-electron chi connectivity index (χ3n) is 2.07. The Morgan fingerprint density at radius 1 is 1.79 bits per heavy atom. The average Bonchev–Trinajstić information content (AvgIpc) is 2.45. The van der Waals surface area contributed by atoms with Crippen LogP contribution < -0.4 is 5.73 Å². The van der Waals surface area contributed by atoms with Gasteiger partial charge in [-0.25, -0.2) is 0 Å². The fourth-order valence-electron chi connectivity index (χ4n) is 1.44. The average molecular weight is 197 g/mol. The first kappa shape index (κ1) is 10.7. The van der Waals surface area contributed by atoms with Crippen LogP contribution in [0.5, 0.6) is 0 Å². The second-order valence-electron chi connectivity index (χ2n) is 3.26. The zero-order valence-electron chi connectivity index (χ0n) is 8.40. The maximum atomic E-state index is 10.5. The lowest BCUT2D eigenvalue weighted by Crippen LogP contribution is -2.15. The van der Waals surface area contributed by atoms with Crippen molar-refractivity contribution in [2.45, 2.75) is 25.8 Å². The van der Waals surface area contributed by atoms with E-state index in [0.29, 0.717) is 0 Å². The van der Waals surface area contributed by atoms with Gasteiger partial charge in [0.05, 0.1) is 12.1 Å². The van der Waals surface area contributed by atoms with Gasteiger partial charge in [-0.3, -0.25) is 9.48 Å². The van der Waals surface area contributed by atoms with Crippen LogP contribution in [0.15, 0.2) is 6.20 Å². The molecule has 0 amide bonds. The van der Waals surface area contributed by atoms with Gasteiger partial charge in [0.1, 0.15) is 0 Å². The summed E-state index contributed by atoms with van der Waals surface area (Å²) in [5, 5.41) is 12.8. The molecule has 0 aromatic carbocycles. The van der Waals surface area contributed by atoms with Gasteiger partial charge < -0.3 is 10.8 Å². The Labute approximate surface area is 82.5 Å². The third-order valence-corrected chi connectivity index (χ3v) is 2.07. The van der Waals surface area contributed by atoms with Crippen LogP contribution in [0.25, 0.3) is 0 Å². The molecule has 1 heterocycles. The third kappa shape index (κ3) is 2.32. The fourth-order valence-corrected chi connectivity index (χ4v) is 1.44. The summed E-state index contributed by atoms with van der Waals surface area (Å²) in [6.45, 7) is 1.97. The Bertz CT molecular complexity index is 333. The normalized spacial score (nSPS) is 12.8. The van der Waals surface area contributed by atoms with E-state index in [4.69, 9.17) is 10.8 Å². The van der Waals surface area contributed by atoms with E-state index in [9.17, 15) is 4.79 Å². The fraction of sp³-hybridized carbons (Fsp3) is 0.556. The van der Waals surface area contributed by atoms with Crippen molar-refractivity contribution in [2.75, 3.05) is 0 Å². The summed E-state index contributed by atoms with van der Waals surface area (Å²) < 4.78 is 1.66. The maximum absolute atomic E-state index is 10.5. The number of carboxylic acids is 1. The van der Waals surface area contributed by atoms with E-state index in [0.717, 1.165) is 17.7 Å². The van der Waals surface area contributed by atoms with E-state index in [2.05, 4.69) is 5.10 Å². The minimum absolute atomic E-state index is 0.0569. The van der Waals surface area contributed by atoms with Crippen LogP contribution in [0, 0.1) is 0 Å². The molecule has 0 aliphatic carbocycles. The van der Waals surface area contributed by atoms with Crippen molar-refractivity contribution in [3.63, 3.8) is 0 Å². The molecule has 0 aliphatic rings. The Kier molecular flexibility index (Phi) is 3.24. The van der Waals surface area contributed by atoms with E-state index in [1.165, 1.54) is 0 Å². The summed E-state index contributed by atoms with van der Waals surface area (Å²) in [6, 6.07) is -0.462. The Balaban J connectivity index is 2.87. The van der Waals surface area contributed by atoms with Crippen molar-refractivity contribution < 1.29 is 9.90 Å². The standard InChI is InChI=1S/C9H15N3O2/c1-3-8-6(5-12(2)11-8)7(10)4-9(13)14/h5,7H,3-4,10H2,1-2H3,(H,13,14)/t7-/m1/s1. The highest BCUT2D eigenvalue weighted by Gasteiger charge is 2.16. The zero-order chi connectivity index (χ0) is 10.7. The van der Waals surface area contributed by atoms with Crippen LogP contribution in [-0.4, -0.2) is 20.9 Å². The van der Waals surface area contributed by atoms with Crippen molar-refractivity contribution in [1.82, 2.24) is 9.78 Å². The number of rotatable bonds is 4. The lowest BCUT2D eigenvalue weighted by atomic mass is 10.0. The number of nitrogens with zero attached hydrogens (tertiary/aromatic N) is 2. The molecule has 0 unspecified atom stereocenters. The lowest BCUT2D eigenvalue weighted by molar-refractivity contribution is -0.137. The maximum Gasteiger partial charge on any atom is 0.305 e. The molecule has 5 nitrogen and oxygen atoms in total. The Hall–Kier alpha value is -1.36. The molecule has 1 atom stereocenters. The van der Waals surface area contributed by atoms with Gasteiger partial charge in [0.15, 0.2) is 0 Å². The highest BCUT2D eigenvalue weighted by molar-refractivity contribution is 5.67. The first-order valence-electron chi connectivity index (χ1n) is 4.54. The minimum atomic E-state index is -0.886. The molecule has 0 spiro atoms. The van der Waals surface area contributed by atoms with Gasteiger partial charge in [-0.2, -0.15) is 5.10 Å². The summed E-state index contributed by atoms with van der Waals surface area (Å²) >= 11 is 0. The number of nitrogens with two attached hydrogens (primary N) is 1. The number of hydrogen-bond donors (Lipinski definition) is 2. The van der Waals surface area contributed by atoms with Crippen LogP contribution in [0.2, 0.25) is 0 Å². The monoisotopic (exact) mass is 197 g/mol. The molecule has 0 fully saturated rings. The van der Waals surface area contributed by atoms with E-state index in [1.807, 2.05) is 6.92 Å². The van der Waals surface area contributed by atoms with E-state index < -0.39 is 12.0 Å². The van der Waals surface area contributed by atoms with Crippen molar-refractivity contribution in [3.8, 4) is 0 Å². The predicted molar refractivity (Wildman–Crippen MR) is 51.8 cm³/mol. The summed E-state index contributed by atoms with van der Waals surface area (Å²) in [4.78, 5) is 10.5. The summed E-state index contributed by atoms with van der Waals surface area (Å²) in [5.74, 6) is -0.886. The number of carbonyl (C=O) groups is 1. The van der Waals surface area contributed by atoms with Crippen LogP contribution in [0.3, 0.4) is 0 Å². The van der Waals surface area contributed by atoms with Crippen LogP contribution >= 0.6 is 0 Å². The van der Waals surface area contributed by atoms with Gasteiger partial charge in [-0.1, -0.05) is 6.92 Å². The second kappa shape index (κ2) is 4.23. The van der Waals surface area contributed by atoms with E-state index in [-0.39, 0.29) is 6.42 Å². The Morgan fingerprint density at radius 3 is 2.93 bits per heavy atom. The van der Waals surface area contributed by atoms with Gasteiger partial charge in [-0.15, -0.1) is 0 Å². The first-order valence-corrected chi connectivity index (χ1v) is 4.54. The highest BCUT2D eigenvalue weighted by Crippen LogP contribution is 2.17. The number of aliphatic carboxylic acids is 1. The molecule has 0 saturated carbocycles. The number of carboxylic acid groups (broad SMARTS) is 1. The van der Waals surface area contributed by atoms with Crippen molar-refractivity contribution in [3.05, 3.63) is 17.5 Å². The number of aromatic nitrogens is 2. The SMILES string of the molecule is CCc1nn(C)cc1[C@H](N)CC(=O)O. The molecule has 3 N–H and O–H groups in total. The molecule has 0 radical (unpaired) electrons. The van der Waals surface area contributed by atoms with Crippen molar-refractivity contribution in [1.29, 1.82) is 0 Å². The van der Waals surface area contributed by atoms with Gasteiger partial charge in [-0.05, 0) is 6.42 Å². The zero-order valence-corrected chi connectivity index (χ0v) is 8.40. The van der Waals surface area contributed by atoms with Crippen molar-refractivity contribution in [2.24, 2.45) is 12.8 Å². The smallest absolute Gasteiger partial charge is 0.305 e. The molecule has 1 aromatic rings. The molecule has 0 aliphatic heterocycles. The second-order valence-corrected chi connectivity index (χ2v) is 3.26. The molecule has 1 aromatic heterocycles. The first-order chi connectivity index (χ1) is 6.54. The highest BCUT2D eigenvalue weighted by atomic mass is 16.4. The van der Waals surface area contributed by atoms with Crippen LogP contribution in [-0.2, 0) is 18.3 Å². The molecular weight excluding hydrogens is 182 g/mol. The molecule has 0 saturated heterocycles. The van der Waals surface area contributed by atoms with Crippen LogP contribution in [0.1, 0.15) is 30.6 Å². The Morgan fingerprint density at radius 2 is 2.43 bits per heavy atom. The quantitative estimate of drug-likeness (QED) is 0.734. The predicted octanol–water partition coefficient (Wildman–Crippen LogP) is 0.457. The molecular formula is C9H15N3O2. The van der Waals surface area contributed by atoms with Crippen LogP contribution in [0.4, 0.5) is 0 Å². The number of aryl methyl sites for hydroxylation is 2. The largest absolute Gasteiger partial charge is 0.481 e. The van der Waals surface area contributed by atoms with Gasteiger partial charge in [0, 0.05) is 24.8 Å². The molecule has 1 rings (SSSR count). The summed E-state index contributed by atoms with van der Waals surface area (Å²) in [6.07, 6.45) is 2.49. The molecule has 78 valence electrons. The number of hydrogen-bond acceptors (Lipinski definition) is 3. The summed E-state index contributed by atoms with van der Waals surface area (Å²) in [5.41, 5.74) is 7.46. The molecule has 5 heteroatoms. The van der Waals surface area contributed by atoms with Gasteiger partial charge in [0.25, 0.3) is 0 Å². The van der Waals surface area contributed by atoms with E-state index in [1.54, 1.807) is 17.9 Å². The minimum Gasteiger partial charge on any atom is -0.481 e.